The average molecular weight is 384 g/mol. The van der Waals surface area contributed by atoms with Crippen LogP contribution in [0, 0.1) is 3.57 Å². The number of hydrogen-bond donors (Lipinski definition) is 0. The molecule has 0 radical (unpaired) electrons. The zero-order valence-corrected chi connectivity index (χ0v) is 12.6. The van der Waals surface area contributed by atoms with Gasteiger partial charge in [0.25, 0.3) is 0 Å². The largest absolute Gasteiger partial charge is 0.401 e. The van der Waals surface area contributed by atoms with E-state index in [1.54, 1.807) is 0 Å². The molecule has 1 saturated heterocycles. The minimum atomic E-state index is -4.09. The first-order chi connectivity index (χ1) is 8.92. The number of halogens is 4. The fraction of sp³-hybridized carbons (Fsp3) is 0.538. The normalized spacial score (nSPS) is 18.7. The second kappa shape index (κ2) is 6.41. The highest BCUT2D eigenvalue weighted by atomic mass is 127. The number of alkyl halides is 3. The molecule has 2 rings (SSSR count). The first kappa shape index (κ1) is 15.1. The van der Waals surface area contributed by atoms with E-state index in [-0.39, 0.29) is 0 Å². The summed E-state index contributed by atoms with van der Waals surface area (Å²) in [5.74, 6) is 0. The molecule has 0 bridgehead atoms. The van der Waals surface area contributed by atoms with Gasteiger partial charge in [-0.2, -0.15) is 13.2 Å². The first-order valence-electron chi connectivity index (χ1n) is 6.18. The highest BCUT2D eigenvalue weighted by Crippen LogP contribution is 2.18. The number of rotatable bonds is 3. The smallest absolute Gasteiger partial charge is 0.297 e. The Balaban J connectivity index is 1.80. The maximum absolute atomic E-state index is 12.3. The van der Waals surface area contributed by atoms with Crippen LogP contribution in [0.2, 0.25) is 0 Å². The molecule has 0 atom stereocenters. The average Bonchev–Trinajstić information content (AvgIpc) is 2.30. The molecule has 19 heavy (non-hydrogen) atoms. The van der Waals surface area contributed by atoms with Gasteiger partial charge in [-0.3, -0.25) is 9.80 Å². The lowest BCUT2D eigenvalue weighted by Crippen LogP contribution is -2.48. The Morgan fingerprint density at radius 2 is 1.68 bits per heavy atom. The lowest BCUT2D eigenvalue weighted by molar-refractivity contribution is -0.149. The summed E-state index contributed by atoms with van der Waals surface area (Å²) in [5.41, 5.74) is 1.22. The molecule has 0 unspecified atom stereocenters. The summed E-state index contributed by atoms with van der Waals surface area (Å²) in [6.07, 6.45) is -4.09. The standard InChI is InChI=1S/C13H16F3IN2/c14-13(15,16)10-19-6-4-18(5-7-19)9-11-2-1-3-12(17)8-11/h1-3,8H,4-7,9-10H2. The van der Waals surface area contributed by atoms with Gasteiger partial charge in [0.2, 0.25) is 0 Å². The zero-order chi connectivity index (χ0) is 13.9. The van der Waals surface area contributed by atoms with Crippen molar-refractivity contribution in [1.82, 2.24) is 9.80 Å². The van der Waals surface area contributed by atoms with E-state index in [4.69, 9.17) is 0 Å². The molecule has 6 heteroatoms. The first-order valence-corrected chi connectivity index (χ1v) is 7.26. The van der Waals surface area contributed by atoms with Gasteiger partial charge < -0.3 is 0 Å². The molecule has 0 N–H and O–H groups in total. The molecule has 1 aliphatic rings. The molecule has 0 aromatic heterocycles. The van der Waals surface area contributed by atoms with Crippen LogP contribution >= 0.6 is 22.6 Å². The lowest BCUT2D eigenvalue weighted by Gasteiger charge is -2.35. The summed E-state index contributed by atoms with van der Waals surface area (Å²) in [6, 6.07) is 8.22. The maximum Gasteiger partial charge on any atom is 0.401 e. The van der Waals surface area contributed by atoms with Crippen molar-refractivity contribution >= 4 is 22.6 Å². The summed E-state index contributed by atoms with van der Waals surface area (Å²) in [4.78, 5) is 3.68. The highest BCUT2D eigenvalue weighted by molar-refractivity contribution is 14.1. The van der Waals surface area contributed by atoms with E-state index in [9.17, 15) is 13.2 Å². The summed E-state index contributed by atoms with van der Waals surface area (Å²) in [6.45, 7) is 2.40. The van der Waals surface area contributed by atoms with Gasteiger partial charge in [0.05, 0.1) is 6.54 Å². The van der Waals surface area contributed by atoms with E-state index in [0.29, 0.717) is 26.2 Å². The monoisotopic (exact) mass is 384 g/mol. The quantitative estimate of drug-likeness (QED) is 0.740. The van der Waals surface area contributed by atoms with E-state index < -0.39 is 12.7 Å². The molecule has 1 aliphatic heterocycles. The van der Waals surface area contributed by atoms with Crippen molar-refractivity contribution in [2.75, 3.05) is 32.7 Å². The van der Waals surface area contributed by atoms with Crippen LogP contribution in [0.3, 0.4) is 0 Å². The predicted molar refractivity (Wildman–Crippen MR) is 76.9 cm³/mol. The van der Waals surface area contributed by atoms with Crippen molar-refractivity contribution in [3.05, 3.63) is 33.4 Å². The van der Waals surface area contributed by atoms with Gasteiger partial charge in [0.15, 0.2) is 0 Å². The van der Waals surface area contributed by atoms with Crippen LogP contribution in [-0.2, 0) is 6.54 Å². The molecular weight excluding hydrogens is 368 g/mol. The van der Waals surface area contributed by atoms with Gasteiger partial charge in [-0.05, 0) is 40.3 Å². The van der Waals surface area contributed by atoms with E-state index >= 15 is 0 Å². The molecule has 0 aliphatic carbocycles. The fourth-order valence-electron chi connectivity index (χ4n) is 2.25. The fourth-order valence-corrected chi connectivity index (χ4v) is 2.86. The molecule has 106 valence electrons. The SMILES string of the molecule is FC(F)(F)CN1CCN(Cc2cccc(I)c2)CC1. The predicted octanol–water partition coefficient (Wildman–Crippen LogP) is 2.97. The third-order valence-electron chi connectivity index (χ3n) is 3.16. The Kier molecular flexibility index (Phi) is 5.08. The molecule has 0 spiro atoms. The molecule has 1 aromatic rings. The topological polar surface area (TPSA) is 6.48 Å². The number of piperazine rings is 1. The zero-order valence-electron chi connectivity index (χ0n) is 10.5. The summed E-state index contributed by atoms with van der Waals surface area (Å²) >= 11 is 2.27. The van der Waals surface area contributed by atoms with Crippen LogP contribution in [0.4, 0.5) is 13.2 Å². The Morgan fingerprint density at radius 1 is 1.05 bits per heavy atom. The number of benzene rings is 1. The molecule has 1 aromatic carbocycles. The van der Waals surface area contributed by atoms with E-state index in [1.165, 1.54) is 14.0 Å². The molecule has 2 nitrogen and oxygen atoms in total. The third-order valence-corrected chi connectivity index (χ3v) is 3.83. The third kappa shape index (κ3) is 5.27. The van der Waals surface area contributed by atoms with Crippen molar-refractivity contribution in [2.45, 2.75) is 12.7 Å². The molecule has 0 saturated carbocycles. The van der Waals surface area contributed by atoms with Gasteiger partial charge in [-0.1, -0.05) is 12.1 Å². The highest BCUT2D eigenvalue weighted by Gasteiger charge is 2.32. The van der Waals surface area contributed by atoms with Gasteiger partial charge in [-0.15, -0.1) is 0 Å². The number of hydrogen-bond acceptors (Lipinski definition) is 2. The van der Waals surface area contributed by atoms with Crippen LogP contribution in [0.25, 0.3) is 0 Å². The number of nitrogens with zero attached hydrogens (tertiary/aromatic N) is 2. The van der Waals surface area contributed by atoms with Crippen molar-refractivity contribution in [3.63, 3.8) is 0 Å². The minimum Gasteiger partial charge on any atom is -0.297 e. The Bertz CT molecular complexity index is 415. The van der Waals surface area contributed by atoms with E-state index in [2.05, 4.69) is 39.6 Å². The van der Waals surface area contributed by atoms with Crippen LogP contribution in [-0.4, -0.2) is 48.7 Å². The summed E-state index contributed by atoms with van der Waals surface area (Å²) in [7, 11) is 0. The molecule has 1 heterocycles. The van der Waals surface area contributed by atoms with E-state index in [1.807, 2.05) is 12.1 Å². The second-order valence-electron chi connectivity index (χ2n) is 4.80. The summed E-state index contributed by atoms with van der Waals surface area (Å²) in [5, 5.41) is 0. The Morgan fingerprint density at radius 3 is 2.26 bits per heavy atom. The maximum atomic E-state index is 12.3. The van der Waals surface area contributed by atoms with Crippen LogP contribution in [0.5, 0.6) is 0 Å². The van der Waals surface area contributed by atoms with Gasteiger partial charge >= 0.3 is 6.18 Å². The summed E-state index contributed by atoms with van der Waals surface area (Å²) < 4.78 is 38.0. The second-order valence-corrected chi connectivity index (χ2v) is 6.04. The van der Waals surface area contributed by atoms with Gasteiger partial charge in [0, 0.05) is 36.3 Å². The van der Waals surface area contributed by atoms with Crippen molar-refractivity contribution in [1.29, 1.82) is 0 Å². The molecule has 1 fully saturated rings. The van der Waals surface area contributed by atoms with E-state index in [0.717, 1.165) is 6.54 Å². The minimum absolute atomic E-state index is 0.490. The molecule has 0 amide bonds. The van der Waals surface area contributed by atoms with Gasteiger partial charge in [0.1, 0.15) is 0 Å². The van der Waals surface area contributed by atoms with Crippen molar-refractivity contribution in [2.24, 2.45) is 0 Å². The van der Waals surface area contributed by atoms with Crippen LogP contribution in [0.15, 0.2) is 24.3 Å². The molecular formula is C13H16F3IN2. The Hall–Kier alpha value is -0.340. The lowest BCUT2D eigenvalue weighted by atomic mass is 10.2. The Labute approximate surface area is 124 Å². The van der Waals surface area contributed by atoms with Crippen molar-refractivity contribution < 1.29 is 13.2 Å². The van der Waals surface area contributed by atoms with Crippen LogP contribution in [0.1, 0.15) is 5.56 Å². The van der Waals surface area contributed by atoms with Gasteiger partial charge in [-0.25, -0.2) is 0 Å². The van der Waals surface area contributed by atoms with Crippen molar-refractivity contribution in [3.8, 4) is 0 Å². The van der Waals surface area contributed by atoms with Crippen LogP contribution < -0.4 is 0 Å².